The van der Waals surface area contributed by atoms with Gasteiger partial charge in [-0.3, -0.25) is 0 Å². The van der Waals surface area contributed by atoms with Crippen molar-refractivity contribution in [3.8, 4) is 5.75 Å². The van der Waals surface area contributed by atoms with E-state index in [4.69, 9.17) is 4.74 Å². The Morgan fingerprint density at radius 3 is 2.95 bits per heavy atom. The molecule has 0 bridgehead atoms. The number of aryl methyl sites for hydroxylation is 1. The van der Waals surface area contributed by atoms with Gasteiger partial charge in [-0.1, -0.05) is 48.0 Å². The molecule has 104 valence electrons. The summed E-state index contributed by atoms with van der Waals surface area (Å²) in [6.07, 6.45) is 2.12. The molecule has 1 N–H and O–H groups in total. The molecule has 0 fully saturated rings. The van der Waals surface area contributed by atoms with Crippen LogP contribution in [0.25, 0.3) is 0 Å². The fourth-order valence-corrected chi connectivity index (χ4v) is 2.81. The second-order valence-corrected chi connectivity index (χ2v) is 5.42. The van der Waals surface area contributed by atoms with Crippen molar-refractivity contribution in [2.24, 2.45) is 0 Å². The zero-order chi connectivity index (χ0) is 13.8. The lowest BCUT2D eigenvalue weighted by Crippen LogP contribution is -2.28. The highest BCUT2D eigenvalue weighted by molar-refractivity contribution is 5.37. The van der Waals surface area contributed by atoms with Crippen molar-refractivity contribution in [2.75, 3.05) is 13.2 Å². The highest BCUT2D eigenvalue weighted by Crippen LogP contribution is 2.31. The van der Waals surface area contributed by atoms with Crippen molar-refractivity contribution in [1.82, 2.24) is 5.32 Å². The first kappa shape index (κ1) is 13.2. The summed E-state index contributed by atoms with van der Waals surface area (Å²) in [6, 6.07) is 17.5. The van der Waals surface area contributed by atoms with E-state index in [9.17, 15) is 0 Å². The van der Waals surface area contributed by atoms with Gasteiger partial charge < -0.3 is 10.1 Å². The summed E-state index contributed by atoms with van der Waals surface area (Å²) in [5.74, 6) is 1.03. The molecule has 0 amide bonds. The molecule has 0 aromatic heterocycles. The van der Waals surface area contributed by atoms with Crippen LogP contribution in [0.5, 0.6) is 5.75 Å². The molecule has 2 nitrogen and oxygen atoms in total. The predicted octanol–water partition coefficient (Wildman–Crippen LogP) is 3.65. The topological polar surface area (TPSA) is 21.3 Å². The maximum atomic E-state index is 5.69. The molecule has 1 unspecified atom stereocenters. The molecule has 0 aliphatic carbocycles. The maximum Gasteiger partial charge on any atom is 0.124 e. The molecule has 1 aliphatic rings. The largest absolute Gasteiger partial charge is 0.493 e. The van der Waals surface area contributed by atoms with E-state index in [1.54, 1.807) is 0 Å². The molecule has 0 spiro atoms. The first-order valence-electron chi connectivity index (χ1n) is 7.33. The van der Waals surface area contributed by atoms with Crippen molar-refractivity contribution < 1.29 is 4.74 Å². The molecule has 2 heteroatoms. The van der Waals surface area contributed by atoms with E-state index < -0.39 is 0 Å². The van der Waals surface area contributed by atoms with Gasteiger partial charge in [0, 0.05) is 18.0 Å². The van der Waals surface area contributed by atoms with Crippen LogP contribution < -0.4 is 10.1 Å². The fraction of sp³-hybridized carbons (Fsp3) is 0.333. The summed E-state index contributed by atoms with van der Waals surface area (Å²) in [5.41, 5.74) is 4.03. The van der Waals surface area contributed by atoms with Gasteiger partial charge in [-0.2, -0.15) is 0 Å². The number of hydrogen-bond donors (Lipinski definition) is 1. The van der Waals surface area contributed by atoms with Gasteiger partial charge in [0.25, 0.3) is 0 Å². The zero-order valence-electron chi connectivity index (χ0n) is 11.9. The minimum absolute atomic E-state index is 0.421. The Labute approximate surface area is 120 Å². The van der Waals surface area contributed by atoms with Crippen molar-refractivity contribution in [3.63, 3.8) is 0 Å². The van der Waals surface area contributed by atoms with E-state index >= 15 is 0 Å². The smallest absolute Gasteiger partial charge is 0.124 e. The summed E-state index contributed by atoms with van der Waals surface area (Å²) in [5, 5.41) is 3.67. The highest BCUT2D eigenvalue weighted by atomic mass is 16.5. The molecule has 1 heterocycles. The summed E-state index contributed by atoms with van der Waals surface area (Å²) in [4.78, 5) is 0. The molecule has 2 aromatic carbocycles. The SMILES string of the molecule is Cc1cccc(CCNC2CCOc3ccccc32)c1. The quantitative estimate of drug-likeness (QED) is 0.913. The number of nitrogens with one attached hydrogen (secondary N) is 1. The minimum Gasteiger partial charge on any atom is -0.493 e. The van der Waals surface area contributed by atoms with Gasteiger partial charge in [-0.15, -0.1) is 0 Å². The summed E-state index contributed by atoms with van der Waals surface area (Å²) >= 11 is 0. The Morgan fingerprint density at radius 1 is 1.15 bits per heavy atom. The number of para-hydroxylation sites is 1. The Morgan fingerprint density at radius 2 is 2.05 bits per heavy atom. The molecule has 3 rings (SSSR count). The Bertz CT molecular complexity index is 579. The van der Waals surface area contributed by atoms with Gasteiger partial charge in [0.1, 0.15) is 5.75 Å². The summed E-state index contributed by atoms with van der Waals surface area (Å²) in [6.45, 7) is 3.95. The van der Waals surface area contributed by atoms with Gasteiger partial charge in [0.15, 0.2) is 0 Å². The zero-order valence-corrected chi connectivity index (χ0v) is 11.9. The maximum absolute atomic E-state index is 5.69. The molecular weight excluding hydrogens is 246 g/mol. The molecule has 1 aliphatic heterocycles. The van der Waals surface area contributed by atoms with Crippen LogP contribution in [0, 0.1) is 6.92 Å². The standard InChI is InChI=1S/C18H21NO/c1-14-5-4-6-15(13-14)9-11-19-17-10-12-20-18-8-3-2-7-16(17)18/h2-8,13,17,19H,9-12H2,1H3. The van der Waals surface area contributed by atoms with Gasteiger partial charge in [0.05, 0.1) is 6.61 Å². The third-order valence-corrected chi connectivity index (χ3v) is 3.85. The number of rotatable bonds is 4. The molecule has 0 saturated heterocycles. The fourth-order valence-electron chi connectivity index (χ4n) is 2.81. The Balaban J connectivity index is 1.60. The lowest BCUT2D eigenvalue weighted by molar-refractivity contribution is 0.253. The van der Waals surface area contributed by atoms with Crippen LogP contribution >= 0.6 is 0 Å². The summed E-state index contributed by atoms with van der Waals surface area (Å²) < 4.78 is 5.69. The second kappa shape index (κ2) is 6.10. The highest BCUT2D eigenvalue weighted by Gasteiger charge is 2.19. The van der Waals surface area contributed by atoms with Crippen molar-refractivity contribution in [1.29, 1.82) is 0 Å². The number of ether oxygens (including phenoxy) is 1. The van der Waals surface area contributed by atoms with Gasteiger partial charge >= 0.3 is 0 Å². The van der Waals surface area contributed by atoms with Crippen LogP contribution in [0.1, 0.15) is 29.2 Å². The van der Waals surface area contributed by atoms with E-state index in [2.05, 4.69) is 54.7 Å². The Kier molecular flexibility index (Phi) is 4.03. The third-order valence-electron chi connectivity index (χ3n) is 3.85. The van der Waals surface area contributed by atoms with E-state index in [1.165, 1.54) is 16.7 Å². The molecule has 1 atom stereocenters. The van der Waals surface area contributed by atoms with E-state index in [0.29, 0.717) is 6.04 Å². The van der Waals surface area contributed by atoms with E-state index in [0.717, 1.165) is 31.7 Å². The first-order chi connectivity index (χ1) is 9.83. The van der Waals surface area contributed by atoms with Gasteiger partial charge in [-0.05, 0) is 31.5 Å². The van der Waals surface area contributed by atoms with E-state index in [1.807, 2.05) is 6.07 Å². The van der Waals surface area contributed by atoms with Gasteiger partial charge in [0.2, 0.25) is 0 Å². The van der Waals surface area contributed by atoms with Crippen LogP contribution in [0.3, 0.4) is 0 Å². The number of fused-ring (bicyclic) bond motifs is 1. The van der Waals surface area contributed by atoms with E-state index in [-0.39, 0.29) is 0 Å². The number of benzene rings is 2. The average molecular weight is 267 g/mol. The van der Waals surface area contributed by atoms with Crippen LogP contribution in [-0.2, 0) is 6.42 Å². The monoisotopic (exact) mass is 267 g/mol. The Hall–Kier alpha value is -1.80. The van der Waals surface area contributed by atoms with Crippen molar-refractivity contribution >= 4 is 0 Å². The lowest BCUT2D eigenvalue weighted by atomic mass is 10.0. The second-order valence-electron chi connectivity index (χ2n) is 5.42. The minimum atomic E-state index is 0.421. The van der Waals surface area contributed by atoms with Crippen LogP contribution in [0.2, 0.25) is 0 Å². The van der Waals surface area contributed by atoms with Crippen LogP contribution in [0.4, 0.5) is 0 Å². The molecule has 2 aromatic rings. The van der Waals surface area contributed by atoms with Crippen LogP contribution in [-0.4, -0.2) is 13.2 Å². The van der Waals surface area contributed by atoms with Crippen molar-refractivity contribution in [2.45, 2.75) is 25.8 Å². The molecular formula is C18H21NO. The third kappa shape index (κ3) is 3.02. The lowest BCUT2D eigenvalue weighted by Gasteiger charge is -2.26. The molecule has 0 saturated carbocycles. The predicted molar refractivity (Wildman–Crippen MR) is 82.2 cm³/mol. The van der Waals surface area contributed by atoms with Crippen LogP contribution in [0.15, 0.2) is 48.5 Å². The normalized spacial score (nSPS) is 17.4. The summed E-state index contributed by atoms with van der Waals surface area (Å²) in [7, 11) is 0. The molecule has 20 heavy (non-hydrogen) atoms. The number of hydrogen-bond acceptors (Lipinski definition) is 2. The average Bonchev–Trinajstić information content (AvgIpc) is 2.48. The van der Waals surface area contributed by atoms with Gasteiger partial charge in [-0.25, -0.2) is 0 Å². The van der Waals surface area contributed by atoms with Crippen molar-refractivity contribution in [3.05, 3.63) is 65.2 Å². The first-order valence-corrected chi connectivity index (χ1v) is 7.33. The molecule has 0 radical (unpaired) electrons.